The molecule has 0 radical (unpaired) electrons. The predicted octanol–water partition coefficient (Wildman–Crippen LogP) is 18.5. The van der Waals surface area contributed by atoms with Crippen molar-refractivity contribution in [2.24, 2.45) is 0 Å². The van der Waals surface area contributed by atoms with Crippen LogP contribution in [0, 0.1) is 0 Å². The smallest absolute Gasteiger partial charge is 0.0468 e. The predicted molar refractivity (Wildman–Crippen MR) is 289 cm³/mol. The number of allylic oxidation sites excluding steroid dienone is 8. The molecule has 9 aromatic carbocycles. The second kappa shape index (κ2) is 19.6. The van der Waals surface area contributed by atoms with Gasteiger partial charge >= 0.3 is 0 Å². The molecule has 0 atom stereocenters. The van der Waals surface area contributed by atoms with Gasteiger partial charge in [-0.2, -0.15) is 0 Å². The number of nitrogens with zero attached hydrogens (tertiary/aromatic N) is 2. The van der Waals surface area contributed by atoms with Crippen molar-refractivity contribution in [3.05, 3.63) is 284 Å². The van der Waals surface area contributed by atoms with Crippen molar-refractivity contribution in [1.82, 2.24) is 0 Å². The number of hydrogen-bond acceptors (Lipinski definition) is 2. The summed E-state index contributed by atoms with van der Waals surface area (Å²) >= 11 is 0. The third kappa shape index (κ3) is 8.93. The van der Waals surface area contributed by atoms with Crippen LogP contribution in [0.1, 0.15) is 25.7 Å². The highest BCUT2D eigenvalue weighted by Crippen LogP contribution is 2.44. The van der Waals surface area contributed by atoms with Crippen molar-refractivity contribution >= 4 is 28.4 Å². The van der Waals surface area contributed by atoms with Crippen molar-refractivity contribution in [3.8, 4) is 55.6 Å². The van der Waals surface area contributed by atoms with E-state index >= 15 is 0 Å². The normalized spacial score (nSPS) is 13.3. The Kier molecular flexibility index (Phi) is 12.1. The Balaban J connectivity index is 1.00. The monoisotopic (exact) mass is 872 g/mol. The fourth-order valence-electron chi connectivity index (χ4n) is 9.88. The number of para-hydroxylation sites is 2. The van der Waals surface area contributed by atoms with Gasteiger partial charge in [-0.15, -0.1) is 0 Å². The maximum absolute atomic E-state index is 2.46. The minimum atomic E-state index is 0.971. The number of hydrogen-bond donors (Lipinski definition) is 0. The Morgan fingerprint density at radius 1 is 0.265 bits per heavy atom. The molecule has 68 heavy (non-hydrogen) atoms. The molecule has 0 N–H and O–H groups in total. The first kappa shape index (κ1) is 42.2. The first-order valence-electron chi connectivity index (χ1n) is 23.8. The molecule has 2 nitrogen and oxygen atoms in total. The van der Waals surface area contributed by atoms with Crippen LogP contribution in [0.4, 0.5) is 28.4 Å². The summed E-state index contributed by atoms with van der Waals surface area (Å²) in [5.41, 5.74) is 21.7. The van der Waals surface area contributed by atoms with E-state index in [4.69, 9.17) is 0 Å². The Labute approximate surface area is 401 Å². The average Bonchev–Trinajstić information content (AvgIpc) is 3.43. The quantitative estimate of drug-likeness (QED) is 0.121. The summed E-state index contributed by atoms with van der Waals surface area (Å²) in [7, 11) is 0. The molecular weight excluding hydrogens is 821 g/mol. The van der Waals surface area contributed by atoms with Gasteiger partial charge in [-0.1, -0.05) is 194 Å². The molecular formula is C66H52N2. The molecule has 2 aliphatic rings. The van der Waals surface area contributed by atoms with E-state index in [2.05, 4.69) is 277 Å². The van der Waals surface area contributed by atoms with Crippen LogP contribution in [-0.2, 0) is 0 Å². The number of benzene rings is 9. The highest BCUT2D eigenvalue weighted by Gasteiger charge is 2.22. The van der Waals surface area contributed by atoms with Crippen molar-refractivity contribution < 1.29 is 0 Å². The average molecular weight is 873 g/mol. The van der Waals surface area contributed by atoms with Crippen LogP contribution in [0.25, 0.3) is 55.6 Å². The van der Waals surface area contributed by atoms with Gasteiger partial charge in [0.05, 0.1) is 0 Å². The topological polar surface area (TPSA) is 6.48 Å². The second-order valence-corrected chi connectivity index (χ2v) is 17.5. The minimum absolute atomic E-state index is 0.971. The molecule has 0 saturated carbocycles. The molecule has 11 rings (SSSR count). The lowest BCUT2D eigenvalue weighted by molar-refractivity contribution is 0.851. The summed E-state index contributed by atoms with van der Waals surface area (Å²) in [6.45, 7) is 0. The lowest BCUT2D eigenvalue weighted by atomic mass is 9.89. The lowest BCUT2D eigenvalue weighted by Crippen LogP contribution is -2.18. The molecule has 9 aromatic rings. The summed E-state index contributed by atoms with van der Waals surface area (Å²) in [6.07, 6.45) is 15.7. The summed E-state index contributed by atoms with van der Waals surface area (Å²) in [5, 5.41) is 0. The largest absolute Gasteiger partial charge is 0.314 e. The van der Waals surface area contributed by atoms with Gasteiger partial charge < -0.3 is 9.80 Å². The van der Waals surface area contributed by atoms with Crippen LogP contribution in [0.3, 0.4) is 0 Å². The SMILES string of the molecule is C1=CCCC(C2=CC=C(N(c3ccccc3)c3ccc(-c4cccc(-c5ccc(N(c6ccccc6)c6ccc(-c7ccccc7)cc6)cc5-c5ccccc5)c4)c(-c4ccccc4)c3)CC2)=C1. The molecule has 0 fully saturated rings. The van der Waals surface area contributed by atoms with Gasteiger partial charge in [0.25, 0.3) is 0 Å². The van der Waals surface area contributed by atoms with Crippen molar-refractivity contribution in [1.29, 1.82) is 0 Å². The van der Waals surface area contributed by atoms with Gasteiger partial charge in [0.15, 0.2) is 0 Å². The van der Waals surface area contributed by atoms with E-state index < -0.39 is 0 Å². The van der Waals surface area contributed by atoms with Crippen molar-refractivity contribution in [3.63, 3.8) is 0 Å². The van der Waals surface area contributed by atoms with E-state index in [1.54, 1.807) is 0 Å². The first-order valence-corrected chi connectivity index (χ1v) is 23.8. The third-order valence-electron chi connectivity index (χ3n) is 13.3. The van der Waals surface area contributed by atoms with Gasteiger partial charge in [0.2, 0.25) is 0 Å². The molecule has 0 unspecified atom stereocenters. The third-order valence-corrected chi connectivity index (χ3v) is 13.3. The van der Waals surface area contributed by atoms with E-state index in [-0.39, 0.29) is 0 Å². The second-order valence-electron chi connectivity index (χ2n) is 17.5. The zero-order valence-electron chi connectivity index (χ0n) is 38.1. The Morgan fingerprint density at radius 3 is 1.22 bits per heavy atom. The highest BCUT2D eigenvalue weighted by molar-refractivity contribution is 5.93. The van der Waals surface area contributed by atoms with Gasteiger partial charge in [-0.3, -0.25) is 0 Å². The standard InChI is InChI=1S/C66H52N2/c1-7-20-49(21-8-1)51-34-38-59(39-35-51)67(57-30-15-5-16-31-57)61-42-44-63(65(47-61)53-24-11-3-12-25-53)55-28-19-29-56(46-55)64-45-43-62(48-66(64)54-26-13-4-14-27-54)68(58-32-17-6-18-33-58)60-40-36-52(37-41-60)50-22-9-2-10-23-50/h1-9,11-22,24-36,38-40,42-48H,10,23,37,41H2. The molecule has 0 amide bonds. The highest BCUT2D eigenvalue weighted by atomic mass is 15.2. The number of anilines is 5. The number of rotatable bonds is 12. The van der Waals surface area contributed by atoms with Crippen LogP contribution in [-0.4, -0.2) is 0 Å². The Morgan fingerprint density at radius 2 is 0.706 bits per heavy atom. The molecule has 2 heteroatoms. The van der Waals surface area contributed by atoms with Crippen molar-refractivity contribution in [2.75, 3.05) is 9.80 Å². The van der Waals surface area contributed by atoms with Gasteiger partial charge in [0, 0.05) is 34.1 Å². The molecule has 0 spiro atoms. The van der Waals surface area contributed by atoms with Crippen LogP contribution in [0.15, 0.2) is 284 Å². The molecule has 2 aliphatic carbocycles. The van der Waals surface area contributed by atoms with Crippen LogP contribution in [0.2, 0.25) is 0 Å². The lowest BCUT2D eigenvalue weighted by Gasteiger charge is -2.31. The maximum Gasteiger partial charge on any atom is 0.0468 e. The molecule has 0 aromatic heterocycles. The molecule has 0 heterocycles. The summed E-state index contributed by atoms with van der Waals surface area (Å²) in [6, 6.07) is 85.8. The minimum Gasteiger partial charge on any atom is -0.314 e. The summed E-state index contributed by atoms with van der Waals surface area (Å²) in [4.78, 5) is 4.82. The maximum atomic E-state index is 2.46. The van der Waals surface area contributed by atoms with Crippen molar-refractivity contribution in [2.45, 2.75) is 25.7 Å². The first-order chi connectivity index (χ1) is 33.7. The van der Waals surface area contributed by atoms with Gasteiger partial charge in [-0.25, -0.2) is 0 Å². The zero-order valence-corrected chi connectivity index (χ0v) is 38.1. The summed E-state index contributed by atoms with van der Waals surface area (Å²) < 4.78 is 0. The van der Waals surface area contributed by atoms with Crippen LogP contribution < -0.4 is 9.80 Å². The zero-order chi connectivity index (χ0) is 45.5. The fraction of sp³-hybridized carbons (Fsp3) is 0.0606. The molecule has 0 bridgehead atoms. The molecule has 326 valence electrons. The molecule has 0 saturated heterocycles. The summed E-state index contributed by atoms with van der Waals surface area (Å²) in [5.74, 6) is 0. The van der Waals surface area contributed by atoms with Crippen LogP contribution >= 0.6 is 0 Å². The van der Waals surface area contributed by atoms with E-state index in [1.807, 2.05) is 0 Å². The molecule has 0 aliphatic heterocycles. The van der Waals surface area contributed by atoms with Crippen LogP contribution in [0.5, 0.6) is 0 Å². The van der Waals surface area contributed by atoms with E-state index in [9.17, 15) is 0 Å². The van der Waals surface area contributed by atoms with E-state index in [0.717, 1.165) is 54.1 Å². The fourth-order valence-corrected chi connectivity index (χ4v) is 9.88. The van der Waals surface area contributed by atoms with Gasteiger partial charge in [0.1, 0.15) is 0 Å². The van der Waals surface area contributed by atoms with E-state index in [0.29, 0.717) is 0 Å². The van der Waals surface area contributed by atoms with E-state index in [1.165, 1.54) is 72.5 Å². The van der Waals surface area contributed by atoms with Gasteiger partial charge in [-0.05, 0) is 165 Å². The Hall–Kier alpha value is -8.46. The Bertz CT molecular complexity index is 3290.